The van der Waals surface area contributed by atoms with E-state index in [1.165, 1.54) is 132 Å². The van der Waals surface area contributed by atoms with Gasteiger partial charge in [-0.05, 0) is 131 Å². The zero-order chi connectivity index (χ0) is 54.4. The Kier molecular flexibility index (Phi) is 19.9. The molecule has 0 N–H and O–H groups in total. The second kappa shape index (κ2) is 26.9. The molecular weight excluding hydrogens is 983 g/mol. The minimum atomic E-state index is -4.10. The van der Waals surface area contributed by atoms with Crippen molar-refractivity contribution in [2.45, 2.75) is 166 Å². The molecule has 14 heteroatoms. The van der Waals surface area contributed by atoms with Gasteiger partial charge in [0, 0.05) is 70.2 Å². The summed E-state index contributed by atoms with van der Waals surface area (Å²) in [5, 5.41) is 23.3. The molecule has 1 aliphatic heterocycles. The van der Waals surface area contributed by atoms with Gasteiger partial charge in [0.2, 0.25) is 10.0 Å². The molecule has 77 heavy (non-hydrogen) atoms. The number of azo groups is 2. The van der Waals surface area contributed by atoms with Gasteiger partial charge in [-0.2, -0.15) is 9.42 Å². The van der Waals surface area contributed by atoms with Gasteiger partial charge in [0.15, 0.2) is 0 Å². The second-order valence-corrected chi connectivity index (χ2v) is 23.5. The summed E-state index contributed by atoms with van der Waals surface area (Å²) in [5.41, 5.74) is 5.14. The summed E-state index contributed by atoms with van der Waals surface area (Å²) in [7, 11) is -4.10. The third-order valence-corrected chi connectivity index (χ3v) is 18.4. The fraction of sp³-hybridized carbons (Fsp3) is 0.492. The predicted molar refractivity (Wildman–Crippen MR) is 312 cm³/mol. The number of carbonyl (C=O) groups is 2. The number of ether oxygens (including phenoxy) is 2. The monoisotopic (exact) mass is 1060 g/mol. The zero-order valence-corrected chi connectivity index (χ0v) is 46.9. The highest BCUT2D eigenvalue weighted by atomic mass is 32.2. The molecule has 0 bridgehead atoms. The average Bonchev–Trinajstić information content (AvgIpc) is 3.59. The molecule has 410 valence electrons. The van der Waals surface area contributed by atoms with Crippen LogP contribution >= 0.6 is 0 Å². The number of fused-ring (bicyclic) bond motifs is 1. The SMILES string of the molecule is C=CC(=O)OCCN(CCOC(=O)C=C)S(=O)(=O)c1ccc(/N=N/c2ccc(/N=N/c3ccc4c5c(cccc35)N(C3CCC(CCCCC)CC3)C(C)(CCC)N4C3CCC(CCCCC)CC3)c3ccccc23)cc1. The Morgan fingerprint density at radius 3 is 1.56 bits per heavy atom. The van der Waals surface area contributed by atoms with Gasteiger partial charge in [-0.3, -0.25) is 0 Å². The van der Waals surface area contributed by atoms with Crippen LogP contribution in [0.5, 0.6) is 0 Å². The minimum absolute atomic E-state index is 0.0204. The number of carbonyl (C=O) groups excluding carboxylic acids is 2. The van der Waals surface area contributed by atoms with E-state index in [1.807, 2.05) is 36.4 Å². The van der Waals surface area contributed by atoms with Crippen LogP contribution in [-0.4, -0.2) is 68.7 Å². The molecule has 2 saturated carbocycles. The van der Waals surface area contributed by atoms with E-state index in [4.69, 9.17) is 19.7 Å². The van der Waals surface area contributed by atoms with Gasteiger partial charge in [-0.15, -0.1) is 15.3 Å². The molecule has 2 fully saturated rings. The van der Waals surface area contributed by atoms with E-state index in [1.54, 1.807) is 12.1 Å². The van der Waals surface area contributed by atoms with Crippen molar-refractivity contribution in [3.63, 3.8) is 0 Å². The van der Waals surface area contributed by atoms with Crippen LogP contribution in [-0.2, 0) is 29.1 Å². The Labute approximate surface area is 457 Å². The van der Waals surface area contributed by atoms with E-state index >= 15 is 0 Å². The van der Waals surface area contributed by atoms with E-state index in [2.05, 4.69) is 91.2 Å². The Hall–Kier alpha value is -6.25. The number of esters is 2. The number of unbranched alkanes of at least 4 members (excludes halogenated alkanes) is 4. The number of benzene rings is 5. The van der Waals surface area contributed by atoms with Crippen LogP contribution in [0.25, 0.3) is 21.5 Å². The molecule has 1 unspecified atom stereocenters. The number of rotatable bonds is 26. The highest BCUT2D eigenvalue weighted by Crippen LogP contribution is 2.54. The Balaban J connectivity index is 1.07. The number of hydrogen-bond donors (Lipinski definition) is 0. The van der Waals surface area contributed by atoms with Crippen LogP contribution in [0.1, 0.15) is 143 Å². The first-order valence-electron chi connectivity index (χ1n) is 28.6. The molecule has 5 aromatic carbocycles. The van der Waals surface area contributed by atoms with Crippen molar-refractivity contribution in [2.75, 3.05) is 36.1 Å². The van der Waals surface area contributed by atoms with Crippen LogP contribution in [0.15, 0.2) is 142 Å². The zero-order valence-electron chi connectivity index (χ0n) is 46.1. The quantitative estimate of drug-likeness (QED) is 0.0230. The lowest BCUT2D eigenvalue weighted by Crippen LogP contribution is -2.67. The maximum absolute atomic E-state index is 13.7. The first-order valence-corrected chi connectivity index (χ1v) is 30.1. The van der Waals surface area contributed by atoms with Gasteiger partial charge < -0.3 is 19.3 Å². The van der Waals surface area contributed by atoms with Crippen molar-refractivity contribution in [2.24, 2.45) is 32.3 Å². The number of nitrogens with zero attached hydrogens (tertiary/aromatic N) is 7. The van der Waals surface area contributed by atoms with E-state index in [9.17, 15) is 18.0 Å². The summed E-state index contributed by atoms with van der Waals surface area (Å²) in [6.07, 6.45) is 25.0. The molecule has 3 aliphatic rings. The first-order chi connectivity index (χ1) is 37.4. The fourth-order valence-electron chi connectivity index (χ4n) is 12.6. The standard InChI is InChI=1S/C63H81N7O6S/c1-7-12-14-19-46-25-31-49(32-26-46)69-58-24-18-23-54-57(39-40-59(62(54)58)70(63(69,6)41-9-3)50-33-27-47(28-34-50)20-15-13-8-2)67-66-56-38-37-55(52-21-16-17-22-53(52)56)65-64-48-29-35-51(36-30-48)77(73,74)68(42-44-75-60(71)10-4)43-45-76-61(72)11-5/h10-11,16-18,21-24,29-30,35-40,46-47,49-50H,4-5,7-9,12-15,19-20,25-28,31-34,41-45H2,1-3,6H3/b65-64+,67-66+. The normalized spacial score (nSPS) is 20.8. The molecule has 5 aromatic rings. The van der Waals surface area contributed by atoms with Gasteiger partial charge in [0.05, 0.1) is 27.6 Å². The lowest BCUT2D eigenvalue weighted by Gasteiger charge is -2.61. The van der Waals surface area contributed by atoms with E-state index in [-0.39, 0.29) is 36.9 Å². The van der Waals surface area contributed by atoms with Gasteiger partial charge in [-0.25, -0.2) is 18.0 Å². The number of hydrogen-bond acceptors (Lipinski definition) is 12. The van der Waals surface area contributed by atoms with Crippen molar-refractivity contribution in [1.29, 1.82) is 0 Å². The van der Waals surface area contributed by atoms with Crippen molar-refractivity contribution in [1.82, 2.24) is 4.31 Å². The molecule has 0 saturated heterocycles. The molecule has 2 aliphatic carbocycles. The van der Waals surface area contributed by atoms with Gasteiger partial charge in [-0.1, -0.05) is 128 Å². The first kappa shape index (κ1) is 56.9. The summed E-state index contributed by atoms with van der Waals surface area (Å²) in [5.74, 6) is 0.299. The van der Waals surface area contributed by atoms with E-state index in [0.717, 1.165) is 63.0 Å². The predicted octanol–water partition coefficient (Wildman–Crippen LogP) is 16.7. The summed E-state index contributed by atoms with van der Waals surface area (Å²) in [6, 6.07) is 30.1. The summed E-state index contributed by atoms with van der Waals surface area (Å²) < 4.78 is 38.7. The summed E-state index contributed by atoms with van der Waals surface area (Å²) >= 11 is 0. The van der Waals surface area contributed by atoms with Gasteiger partial charge in [0.25, 0.3) is 0 Å². The summed E-state index contributed by atoms with van der Waals surface area (Å²) in [6.45, 7) is 15.5. The van der Waals surface area contributed by atoms with Crippen LogP contribution in [0.3, 0.4) is 0 Å². The van der Waals surface area contributed by atoms with E-state index < -0.39 is 22.0 Å². The van der Waals surface area contributed by atoms with Crippen molar-refractivity contribution < 1.29 is 27.5 Å². The molecule has 13 nitrogen and oxygen atoms in total. The average molecular weight is 1060 g/mol. The van der Waals surface area contributed by atoms with Crippen LogP contribution < -0.4 is 9.80 Å². The molecule has 0 aromatic heterocycles. The van der Waals surface area contributed by atoms with Crippen LogP contribution in [0.2, 0.25) is 0 Å². The second-order valence-electron chi connectivity index (χ2n) is 21.5. The van der Waals surface area contributed by atoms with E-state index in [0.29, 0.717) is 29.1 Å². The van der Waals surface area contributed by atoms with Crippen molar-refractivity contribution in [3.05, 3.63) is 116 Å². The number of sulfonamides is 1. The third-order valence-electron chi connectivity index (χ3n) is 16.4. The number of anilines is 2. The van der Waals surface area contributed by atoms with Crippen LogP contribution in [0.4, 0.5) is 34.1 Å². The molecular formula is C63H81N7O6S. The van der Waals surface area contributed by atoms with Crippen LogP contribution in [0, 0.1) is 11.8 Å². The van der Waals surface area contributed by atoms with Gasteiger partial charge >= 0.3 is 11.9 Å². The molecule has 1 heterocycles. The van der Waals surface area contributed by atoms with Crippen molar-refractivity contribution in [3.8, 4) is 0 Å². The van der Waals surface area contributed by atoms with Crippen molar-refractivity contribution >= 4 is 77.6 Å². The minimum Gasteiger partial charge on any atom is -0.461 e. The maximum Gasteiger partial charge on any atom is 0.330 e. The highest BCUT2D eigenvalue weighted by molar-refractivity contribution is 7.89. The largest absolute Gasteiger partial charge is 0.461 e. The fourth-order valence-corrected chi connectivity index (χ4v) is 14.0. The smallest absolute Gasteiger partial charge is 0.330 e. The van der Waals surface area contributed by atoms with Gasteiger partial charge in [0.1, 0.15) is 18.9 Å². The summed E-state index contributed by atoms with van der Waals surface area (Å²) in [4.78, 5) is 29.1. The molecule has 8 rings (SSSR count). The molecule has 0 amide bonds. The third kappa shape index (κ3) is 13.4. The molecule has 0 spiro atoms. The topological polar surface area (TPSA) is 146 Å². The lowest BCUT2D eigenvalue weighted by atomic mass is 9.78. The Bertz CT molecular complexity index is 2930. The maximum atomic E-state index is 13.7. The Morgan fingerprint density at radius 1 is 0.597 bits per heavy atom. The highest BCUT2D eigenvalue weighted by Gasteiger charge is 2.49. The Morgan fingerprint density at radius 2 is 1.06 bits per heavy atom. The molecule has 1 atom stereocenters. The molecule has 0 radical (unpaired) electrons. The lowest BCUT2D eigenvalue weighted by molar-refractivity contribution is -0.137.